The third-order valence-electron chi connectivity index (χ3n) is 1.25. The molecule has 0 saturated heterocycles. The first-order chi connectivity index (χ1) is 3.68. The van der Waals surface area contributed by atoms with Crippen molar-refractivity contribution in [3.63, 3.8) is 0 Å². The van der Waals surface area contributed by atoms with Crippen molar-refractivity contribution < 1.29 is 5.11 Å². The lowest BCUT2D eigenvalue weighted by molar-refractivity contribution is 0.295. The van der Waals surface area contributed by atoms with E-state index >= 15 is 0 Å². The van der Waals surface area contributed by atoms with Crippen molar-refractivity contribution in [1.82, 2.24) is 0 Å². The molecule has 0 aromatic rings. The molecule has 1 nitrogen and oxygen atoms in total. The number of hydrogen-bond donors (Lipinski definition) is 1. The Morgan fingerprint density at radius 1 is 1.62 bits per heavy atom. The van der Waals surface area contributed by atoms with Crippen LogP contribution in [0, 0.1) is 5.92 Å². The third-order valence-corrected chi connectivity index (χ3v) is 1.25. The molecule has 1 heteroatoms. The summed E-state index contributed by atoms with van der Waals surface area (Å²) in [6.07, 6.45) is 0.748. The Kier molecular flexibility index (Phi) is 3.53. The summed E-state index contributed by atoms with van der Waals surface area (Å²) in [6.45, 7) is 8.18. The molecule has 0 aliphatic rings. The van der Waals surface area contributed by atoms with Crippen molar-refractivity contribution in [2.24, 2.45) is 5.92 Å². The van der Waals surface area contributed by atoms with E-state index in [2.05, 4.69) is 20.4 Å². The molecular formula is C7H14O. The van der Waals surface area contributed by atoms with Gasteiger partial charge in [0, 0.05) is 6.61 Å². The second kappa shape index (κ2) is 3.67. The van der Waals surface area contributed by atoms with Gasteiger partial charge >= 0.3 is 0 Å². The monoisotopic (exact) mass is 114 g/mol. The van der Waals surface area contributed by atoms with E-state index in [1.54, 1.807) is 0 Å². The van der Waals surface area contributed by atoms with Crippen LogP contribution >= 0.6 is 0 Å². The highest BCUT2D eigenvalue weighted by atomic mass is 16.2. The average Bonchev–Trinajstić information content (AvgIpc) is 1.67. The predicted octanol–water partition coefficient (Wildman–Crippen LogP) is 1.58. The Morgan fingerprint density at radius 3 is 2.25 bits per heavy atom. The number of rotatable bonds is 3. The third kappa shape index (κ3) is 2.80. The normalized spacial score (nSPS) is 10.0. The molecule has 0 saturated carbocycles. The van der Waals surface area contributed by atoms with Gasteiger partial charge in [-0.3, -0.25) is 0 Å². The Bertz CT molecular complexity index is 74.5. The first-order valence-electron chi connectivity index (χ1n) is 2.97. The molecule has 0 atom stereocenters. The Balaban J connectivity index is 3.33. The largest absolute Gasteiger partial charge is 0.396 e. The van der Waals surface area contributed by atoms with Crippen molar-refractivity contribution >= 4 is 0 Å². The van der Waals surface area contributed by atoms with Gasteiger partial charge in [0.2, 0.25) is 0 Å². The summed E-state index contributed by atoms with van der Waals surface area (Å²) in [4.78, 5) is 0. The predicted molar refractivity (Wildman–Crippen MR) is 35.7 cm³/mol. The fraction of sp³-hybridized carbons (Fsp3) is 0.714. The van der Waals surface area contributed by atoms with Gasteiger partial charge in [0.15, 0.2) is 0 Å². The minimum absolute atomic E-state index is 0.233. The molecule has 0 aliphatic carbocycles. The van der Waals surface area contributed by atoms with Gasteiger partial charge in [-0.1, -0.05) is 26.0 Å². The molecule has 8 heavy (non-hydrogen) atoms. The van der Waals surface area contributed by atoms with E-state index in [4.69, 9.17) is 5.11 Å². The SMILES string of the molecule is C=C(CCO)C(C)C. The summed E-state index contributed by atoms with van der Waals surface area (Å²) in [6, 6.07) is 0. The molecule has 0 aromatic heterocycles. The second-order valence-corrected chi connectivity index (χ2v) is 2.29. The van der Waals surface area contributed by atoms with E-state index in [9.17, 15) is 0 Å². The minimum atomic E-state index is 0.233. The molecule has 48 valence electrons. The van der Waals surface area contributed by atoms with Crippen LogP contribution in [-0.4, -0.2) is 11.7 Å². The zero-order valence-electron chi connectivity index (χ0n) is 5.65. The lowest BCUT2D eigenvalue weighted by Crippen LogP contribution is -1.94. The highest BCUT2D eigenvalue weighted by Gasteiger charge is 1.96. The van der Waals surface area contributed by atoms with Crippen molar-refractivity contribution in [3.8, 4) is 0 Å². The quantitative estimate of drug-likeness (QED) is 0.552. The summed E-state index contributed by atoms with van der Waals surface area (Å²) < 4.78 is 0. The highest BCUT2D eigenvalue weighted by molar-refractivity contribution is 4.96. The summed E-state index contributed by atoms with van der Waals surface area (Å²) in [7, 11) is 0. The molecule has 0 radical (unpaired) electrons. The molecule has 0 aliphatic heterocycles. The minimum Gasteiger partial charge on any atom is -0.396 e. The Morgan fingerprint density at radius 2 is 2.12 bits per heavy atom. The van der Waals surface area contributed by atoms with Crippen LogP contribution in [-0.2, 0) is 0 Å². The highest BCUT2D eigenvalue weighted by Crippen LogP contribution is 2.08. The topological polar surface area (TPSA) is 20.2 Å². The maximum atomic E-state index is 8.42. The number of aliphatic hydroxyl groups is 1. The second-order valence-electron chi connectivity index (χ2n) is 2.29. The fourth-order valence-corrected chi connectivity index (χ4v) is 0.432. The van der Waals surface area contributed by atoms with Crippen LogP contribution < -0.4 is 0 Å². The zero-order chi connectivity index (χ0) is 6.57. The van der Waals surface area contributed by atoms with E-state index in [0.29, 0.717) is 5.92 Å². The smallest absolute Gasteiger partial charge is 0.0468 e. The van der Waals surface area contributed by atoms with Gasteiger partial charge in [0.25, 0.3) is 0 Å². The van der Waals surface area contributed by atoms with Crippen LogP contribution in [0.1, 0.15) is 20.3 Å². The molecule has 0 heterocycles. The molecule has 0 amide bonds. The van der Waals surface area contributed by atoms with E-state index in [-0.39, 0.29) is 6.61 Å². The zero-order valence-corrected chi connectivity index (χ0v) is 5.65. The van der Waals surface area contributed by atoms with E-state index in [1.165, 1.54) is 0 Å². The summed E-state index contributed by atoms with van der Waals surface area (Å²) >= 11 is 0. The van der Waals surface area contributed by atoms with Gasteiger partial charge in [-0.25, -0.2) is 0 Å². The first-order valence-corrected chi connectivity index (χ1v) is 2.97. The summed E-state index contributed by atoms with van der Waals surface area (Å²) in [5, 5.41) is 8.42. The van der Waals surface area contributed by atoms with Gasteiger partial charge in [-0.2, -0.15) is 0 Å². The Hall–Kier alpha value is -0.300. The number of hydrogen-bond acceptors (Lipinski definition) is 1. The van der Waals surface area contributed by atoms with Gasteiger partial charge in [-0.15, -0.1) is 0 Å². The standard InChI is InChI=1S/C7H14O/c1-6(2)7(3)4-5-8/h6,8H,3-5H2,1-2H3. The molecule has 0 aromatic carbocycles. The molecular weight excluding hydrogens is 100 g/mol. The van der Waals surface area contributed by atoms with Crippen LogP contribution in [0.15, 0.2) is 12.2 Å². The molecule has 0 fully saturated rings. The van der Waals surface area contributed by atoms with Crippen LogP contribution in [0.25, 0.3) is 0 Å². The van der Waals surface area contributed by atoms with E-state index in [1.807, 2.05) is 0 Å². The molecule has 0 bridgehead atoms. The average molecular weight is 114 g/mol. The van der Waals surface area contributed by atoms with Gasteiger partial charge in [0.05, 0.1) is 0 Å². The van der Waals surface area contributed by atoms with Crippen LogP contribution in [0.5, 0.6) is 0 Å². The van der Waals surface area contributed by atoms with Crippen LogP contribution in [0.2, 0.25) is 0 Å². The van der Waals surface area contributed by atoms with Crippen molar-refractivity contribution in [2.75, 3.05) is 6.61 Å². The number of aliphatic hydroxyl groups excluding tert-OH is 1. The van der Waals surface area contributed by atoms with Gasteiger partial charge in [-0.05, 0) is 12.3 Å². The molecule has 0 spiro atoms. The molecule has 0 unspecified atom stereocenters. The van der Waals surface area contributed by atoms with Crippen molar-refractivity contribution in [2.45, 2.75) is 20.3 Å². The first kappa shape index (κ1) is 7.70. The summed E-state index contributed by atoms with van der Waals surface area (Å²) in [5.74, 6) is 0.516. The maximum Gasteiger partial charge on any atom is 0.0468 e. The van der Waals surface area contributed by atoms with E-state index < -0.39 is 0 Å². The molecule has 1 N–H and O–H groups in total. The van der Waals surface area contributed by atoms with Crippen LogP contribution in [0.3, 0.4) is 0 Å². The van der Waals surface area contributed by atoms with Crippen molar-refractivity contribution in [1.29, 1.82) is 0 Å². The lowest BCUT2D eigenvalue weighted by Gasteiger charge is -2.05. The fourth-order valence-electron chi connectivity index (χ4n) is 0.432. The molecule has 0 rings (SSSR count). The van der Waals surface area contributed by atoms with Gasteiger partial charge in [0.1, 0.15) is 0 Å². The van der Waals surface area contributed by atoms with Gasteiger partial charge < -0.3 is 5.11 Å². The van der Waals surface area contributed by atoms with Crippen LogP contribution in [0.4, 0.5) is 0 Å². The maximum absolute atomic E-state index is 8.42. The van der Waals surface area contributed by atoms with E-state index in [0.717, 1.165) is 12.0 Å². The Labute approximate surface area is 51.0 Å². The lowest BCUT2D eigenvalue weighted by atomic mass is 10.0. The summed E-state index contributed by atoms with van der Waals surface area (Å²) in [5.41, 5.74) is 1.13. The van der Waals surface area contributed by atoms with Crippen molar-refractivity contribution in [3.05, 3.63) is 12.2 Å².